The SMILES string of the molecule is CC(C)CCC(C)n1nnnc1-c1ccc(F)cc1N. The number of rotatable bonds is 5. The Labute approximate surface area is 118 Å². The summed E-state index contributed by atoms with van der Waals surface area (Å²) in [6.07, 6.45) is 2.08. The van der Waals surface area contributed by atoms with Gasteiger partial charge in [0.2, 0.25) is 0 Å². The van der Waals surface area contributed by atoms with E-state index in [0.717, 1.165) is 12.8 Å². The maximum Gasteiger partial charge on any atom is 0.184 e. The van der Waals surface area contributed by atoms with Crippen LogP contribution < -0.4 is 5.73 Å². The van der Waals surface area contributed by atoms with Gasteiger partial charge in [-0.05, 0) is 54.3 Å². The van der Waals surface area contributed by atoms with Crippen LogP contribution in [0.5, 0.6) is 0 Å². The first kappa shape index (κ1) is 14.4. The average Bonchev–Trinajstić information content (AvgIpc) is 2.85. The Morgan fingerprint density at radius 2 is 2.00 bits per heavy atom. The minimum Gasteiger partial charge on any atom is -0.398 e. The summed E-state index contributed by atoms with van der Waals surface area (Å²) in [6, 6.07) is 4.44. The van der Waals surface area contributed by atoms with E-state index in [2.05, 4.69) is 36.3 Å². The third kappa shape index (κ3) is 3.12. The number of nitrogens with two attached hydrogens (primary N) is 1. The van der Waals surface area contributed by atoms with Crippen LogP contribution in [0.15, 0.2) is 18.2 Å². The molecule has 1 aromatic carbocycles. The molecule has 0 bridgehead atoms. The zero-order chi connectivity index (χ0) is 14.7. The molecule has 1 aromatic heterocycles. The minimum absolute atomic E-state index is 0.173. The quantitative estimate of drug-likeness (QED) is 0.853. The summed E-state index contributed by atoms with van der Waals surface area (Å²) < 4.78 is 14.9. The Morgan fingerprint density at radius 3 is 2.65 bits per heavy atom. The van der Waals surface area contributed by atoms with Gasteiger partial charge < -0.3 is 5.73 Å². The molecule has 0 aliphatic carbocycles. The molecular weight excluding hydrogens is 257 g/mol. The van der Waals surface area contributed by atoms with Gasteiger partial charge >= 0.3 is 0 Å². The highest BCUT2D eigenvalue weighted by atomic mass is 19.1. The number of aromatic nitrogens is 4. The Bertz CT molecular complexity index is 579. The Balaban J connectivity index is 2.28. The number of halogens is 1. The van der Waals surface area contributed by atoms with Gasteiger partial charge in [0.25, 0.3) is 0 Å². The summed E-state index contributed by atoms with van der Waals surface area (Å²) in [5.41, 5.74) is 6.86. The molecule has 108 valence electrons. The van der Waals surface area contributed by atoms with E-state index in [9.17, 15) is 4.39 Å². The van der Waals surface area contributed by atoms with Crippen LogP contribution in [0.4, 0.5) is 10.1 Å². The number of tetrazole rings is 1. The highest BCUT2D eigenvalue weighted by Crippen LogP contribution is 2.27. The van der Waals surface area contributed by atoms with E-state index in [1.165, 1.54) is 12.1 Å². The lowest BCUT2D eigenvalue weighted by molar-refractivity contribution is 0.406. The molecule has 1 heterocycles. The Morgan fingerprint density at radius 1 is 1.25 bits per heavy atom. The summed E-state index contributed by atoms with van der Waals surface area (Å²) in [5, 5.41) is 11.8. The number of anilines is 1. The maximum atomic E-state index is 13.1. The molecule has 0 saturated carbocycles. The van der Waals surface area contributed by atoms with E-state index in [1.54, 1.807) is 10.7 Å². The fourth-order valence-electron chi connectivity index (χ4n) is 2.10. The fourth-order valence-corrected chi connectivity index (χ4v) is 2.10. The molecule has 0 spiro atoms. The predicted octanol–water partition coefficient (Wildman–Crippen LogP) is 3.06. The van der Waals surface area contributed by atoms with E-state index in [-0.39, 0.29) is 11.9 Å². The van der Waals surface area contributed by atoms with E-state index >= 15 is 0 Å². The van der Waals surface area contributed by atoms with Crippen molar-refractivity contribution in [3.8, 4) is 11.4 Å². The topological polar surface area (TPSA) is 69.6 Å². The normalized spacial score (nSPS) is 12.8. The average molecular weight is 277 g/mol. The second-order valence-corrected chi connectivity index (χ2v) is 5.50. The standard InChI is InChI=1S/C14H20FN5/c1-9(2)4-5-10(3)20-14(17-18-19-20)12-7-6-11(15)8-13(12)16/h6-10H,4-5,16H2,1-3H3. The zero-order valence-electron chi connectivity index (χ0n) is 12.0. The van der Waals surface area contributed by atoms with Crippen LogP contribution in [0.1, 0.15) is 39.7 Å². The highest BCUT2D eigenvalue weighted by molar-refractivity contribution is 5.71. The van der Waals surface area contributed by atoms with Gasteiger partial charge in [0, 0.05) is 11.3 Å². The lowest BCUT2D eigenvalue weighted by atomic mass is 10.0. The number of benzene rings is 1. The molecule has 0 saturated heterocycles. The van der Waals surface area contributed by atoms with Gasteiger partial charge in [-0.15, -0.1) is 5.10 Å². The summed E-state index contributed by atoms with van der Waals surface area (Å²) >= 11 is 0. The van der Waals surface area contributed by atoms with Gasteiger partial charge in [0.05, 0.1) is 6.04 Å². The summed E-state index contributed by atoms with van der Waals surface area (Å²) in [7, 11) is 0. The molecule has 0 aliphatic rings. The molecule has 1 atom stereocenters. The number of hydrogen-bond donors (Lipinski definition) is 1. The van der Waals surface area contributed by atoms with Crippen LogP contribution in [-0.2, 0) is 0 Å². The number of nitrogens with zero attached hydrogens (tertiary/aromatic N) is 4. The van der Waals surface area contributed by atoms with Gasteiger partial charge in [-0.25, -0.2) is 9.07 Å². The molecule has 5 nitrogen and oxygen atoms in total. The lowest BCUT2D eigenvalue weighted by Gasteiger charge is -2.15. The minimum atomic E-state index is -0.363. The molecule has 2 rings (SSSR count). The first-order chi connectivity index (χ1) is 9.49. The molecular formula is C14H20FN5. The van der Waals surface area contributed by atoms with E-state index in [1.807, 2.05) is 0 Å². The molecule has 0 radical (unpaired) electrons. The number of nitrogen functional groups attached to an aromatic ring is 1. The zero-order valence-corrected chi connectivity index (χ0v) is 12.0. The highest BCUT2D eigenvalue weighted by Gasteiger charge is 2.17. The van der Waals surface area contributed by atoms with Crippen LogP contribution >= 0.6 is 0 Å². The van der Waals surface area contributed by atoms with Gasteiger partial charge in [0.15, 0.2) is 5.82 Å². The van der Waals surface area contributed by atoms with Crippen molar-refractivity contribution >= 4 is 5.69 Å². The largest absolute Gasteiger partial charge is 0.398 e. The molecule has 0 aliphatic heterocycles. The first-order valence-electron chi connectivity index (χ1n) is 6.82. The Kier molecular flexibility index (Phi) is 4.32. The molecule has 2 aromatic rings. The fraction of sp³-hybridized carbons (Fsp3) is 0.500. The van der Waals surface area contributed by atoms with Crippen molar-refractivity contribution < 1.29 is 4.39 Å². The third-order valence-electron chi connectivity index (χ3n) is 3.33. The second-order valence-electron chi connectivity index (χ2n) is 5.50. The van der Waals surface area contributed by atoms with E-state index in [0.29, 0.717) is 23.0 Å². The van der Waals surface area contributed by atoms with Crippen LogP contribution in [0.3, 0.4) is 0 Å². The lowest BCUT2D eigenvalue weighted by Crippen LogP contribution is -2.10. The monoisotopic (exact) mass is 277 g/mol. The first-order valence-corrected chi connectivity index (χ1v) is 6.82. The van der Waals surface area contributed by atoms with Crippen LogP contribution in [0, 0.1) is 11.7 Å². The van der Waals surface area contributed by atoms with Gasteiger partial charge in [-0.1, -0.05) is 13.8 Å². The van der Waals surface area contributed by atoms with E-state index < -0.39 is 0 Å². The van der Waals surface area contributed by atoms with Crippen molar-refractivity contribution in [2.45, 2.75) is 39.7 Å². The van der Waals surface area contributed by atoms with Gasteiger partial charge in [-0.2, -0.15) is 0 Å². The smallest absolute Gasteiger partial charge is 0.184 e. The van der Waals surface area contributed by atoms with E-state index in [4.69, 9.17) is 5.73 Å². The molecule has 20 heavy (non-hydrogen) atoms. The molecule has 1 unspecified atom stereocenters. The summed E-state index contributed by atoms with van der Waals surface area (Å²) in [5.74, 6) is 0.852. The molecule has 0 amide bonds. The summed E-state index contributed by atoms with van der Waals surface area (Å²) in [4.78, 5) is 0. The van der Waals surface area contributed by atoms with Crippen LogP contribution in [0.2, 0.25) is 0 Å². The molecule has 0 fully saturated rings. The number of hydrogen-bond acceptors (Lipinski definition) is 4. The molecule has 2 N–H and O–H groups in total. The summed E-state index contributed by atoms with van der Waals surface area (Å²) in [6.45, 7) is 6.44. The van der Waals surface area contributed by atoms with Crippen molar-refractivity contribution in [2.24, 2.45) is 5.92 Å². The van der Waals surface area contributed by atoms with Gasteiger partial charge in [-0.3, -0.25) is 0 Å². The maximum absolute atomic E-state index is 13.1. The third-order valence-corrected chi connectivity index (χ3v) is 3.33. The van der Waals surface area contributed by atoms with Crippen molar-refractivity contribution in [3.05, 3.63) is 24.0 Å². The van der Waals surface area contributed by atoms with Crippen molar-refractivity contribution in [3.63, 3.8) is 0 Å². The Hall–Kier alpha value is -1.98. The molecule has 6 heteroatoms. The van der Waals surface area contributed by atoms with Crippen molar-refractivity contribution in [1.29, 1.82) is 0 Å². The predicted molar refractivity (Wildman–Crippen MR) is 76.4 cm³/mol. The van der Waals surface area contributed by atoms with Gasteiger partial charge in [0.1, 0.15) is 5.82 Å². The van der Waals surface area contributed by atoms with Crippen molar-refractivity contribution in [2.75, 3.05) is 5.73 Å². The second kappa shape index (κ2) is 5.98. The van der Waals surface area contributed by atoms with Crippen LogP contribution in [-0.4, -0.2) is 20.2 Å². The van der Waals surface area contributed by atoms with Crippen molar-refractivity contribution in [1.82, 2.24) is 20.2 Å². The van der Waals surface area contributed by atoms with Crippen LogP contribution in [0.25, 0.3) is 11.4 Å².